The molecular formula is C14H19NO12S2. The van der Waals surface area contributed by atoms with E-state index < -0.39 is 64.0 Å². The lowest BCUT2D eigenvalue weighted by molar-refractivity contribution is -0.237. The molecule has 0 aliphatic carbocycles. The van der Waals surface area contributed by atoms with E-state index in [0.717, 1.165) is 6.92 Å². The molecule has 1 aliphatic heterocycles. The molecule has 15 heteroatoms. The summed E-state index contributed by atoms with van der Waals surface area (Å²) in [5.74, 6) is -0.402. The molecule has 4 N–H and O–H groups in total. The van der Waals surface area contributed by atoms with E-state index in [9.17, 15) is 26.7 Å². The number of carbonyl (C=O) groups is 1. The Kier molecular flexibility index (Phi) is 7.52. The largest absolute Gasteiger partial charge is 0.463 e. The van der Waals surface area contributed by atoms with Crippen molar-refractivity contribution in [3.05, 3.63) is 30.3 Å². The van der Waals surface area contributed by atoms with Crippen molar-refractivity contribution < 1.29 is 53.7 Å². The van der Waals surface area contributed by atoms with Gasteiger partial charge in [-0.15, -0.1) is 0 Å². The highest BCUT2D eigenvalue weighted by Gasteiger charge is 2.49. The van der Waals surface area contributed by atoms with Gasteiger partial charge in [0.2, 0.25) is 12.2 Å². The van der Waals surface area contributed by atoms with E-state index in [2.05, 4.69) is 13.7 Å². The first-order valence-electron chi connectivity index (χ1n) is 7.95. The molecule has 0 saturated carbocycles. The fraction of sp³-hybridized carbons (Fsp3) is 0.500. The zero-order chi connectivity index (χ0) is 21.8. The summed E-state index contributed by atoms with van der Waals surface area (Å²) in [4.78, 5) is 11.5. The van der Waals surface area contributed by atoms with Gasteiger partial charge in [-0.2, -0.15) is 16.8 Å². The number of amides is 1. The molecule has 0 bridgehead atoms. The van der Waals surface area contributed by atoms with E-state index in [4.69, 9.17) is 18.6 Å². The third kappa shape index (κ3) is 7.48. The Morgan fingerprint density at radius 1 is 1.14 bits per heavy atom. The minimum atomic E-state index is -5.13. The van der Waals surface area contributed by atoms with E-state index in [1.165, 1.54) is 12.1 Å². The number of aliphatic hydroxyl groups is 1. The predicted molar refractivity (Wildman–Crippen MR) is 93.3 cm³/mol. The summed E-state index contributed by atoms with van der Waals surface area (Å²) in [6, 6.07) is 6.57. The van der Waals surface area contributed by atoms with E-state index in [1.807, 2.05) is 0 Å². The van der Waals surface area contributed by atoms with Crippen molar-refractivity contribution in [2.45, 2.75) is 37.6 Å². The average Bonchev–Trinajstić information content (AvgIpc) is 2.58. The van der Waals surface area contributed by atoms with Crippen LogP contribution in [0.15, 0.2) is 30.3 Å². The molecule has 1 aromatic carbocycles. The second kappa shape index (κ2) is 9.31. The van der Waals surface area contributed by atoms with Crippen molar-refractivity contribution in [3.63, 3.8) is 0 Å². The lowest BCUT2D eigenvalue weighted by atomic mass is 9.97. The van der Waals surface area contributed by atoms with Gasteiger partial charge in [-0.3, -0.25) is 13.9 Å². The molecule has 1 aliphatic rings. The molecule has 1 aromatic rings. The van der Waals surface area contributed by atoms with Crippen LogP contribution in [0.5, 0.6) is 5.75 Å². The van der Waals surface area contributed by atoms with Gasteiger partial charge in [0.15, 0.2) is 0 Å². The Labute approximate surface area is 166 Å². The first-order chi connectivity index (χ1) is 13.4. The van der Waals surface area contributed by atoms with Crippen molar-refractivity contribution in [2.75, 3.05) is 6.61 Å². The highest BCUT2D eigenvalue weighted by Crippen LogP contribution is 2.27. The van der Waals surface area contributed by atoms with Crippen LogP contribution in [0, 0.1) is 0 Å². The van der Waals surface area contributed by atoms with Gasteiger partial charge in [0.05, 0.1) is 6.61 Å². The molecule has 13 nitrogen and oxygen atoms in total. The molecule has 5 atom stereocenters. The summed E-state index contributed by atoms with van der Waals surface area (Å²) >= 11 is 0. The number of carbonyl (C=O) groups excluding carboxylic acids is 1. The van der Waals surface area contributed by atoms with Gasteiger partial charge in [0.1, 0.15) is 30.1 Å². The second-order valence-electron chi connectivity index (χ2n) is 5.89. The van der Waals surface area contributed by atoms with Gasteiger partial charge in [-0.1, -0.05) is 18.2 Å². The first-order valence-corrected chi connectivity index (χ1v) is 10.7. The standard InChI is InChI=1S/C14H19NO12S2/c1-8(16)15-11-12(17)13(27-29(21,22)23)10(7-24-28(18,19)20)26-14(11)25-9-5-3-2-4-6-9/h2-6,10-14,17H,7H2,1H3,(H,15,16)(H,18,19,20)(H,21,22,23)/t10-,11-,12-,13+,14-/m1/s1. The number of hydrogen-bond donors (Lipinski definition) is 4. The molecule has 29 heavy (non-hydrogen) atoms. The van der Waals surface area contributed by atoms with Gasteiger partial charge >= 0.3 is 20.8 Å². The van der Waals surface area contributed by atoms with Crippen molar-refractivity contribution in [1.29, 1.82) is 0 Å². The smallest absolute Gasteiger partial charge is 0.397 e. The van der Waals surface area contributed by atoms with Crippen LogP contribution in [0.25, 0.3) is 0 Å². The lowest BCUT2D eigenvalue weighted by Gasteiger charge is -2.43. The minimum absolute atomic E-state index is 0.239. The van der Waals surface area contributed by atoms with Crippen LogP contribution in [0.2, 0.25) is 0 Å². The number of aliphatic hydroxyl groups excluding tert-OH is 1. The van der Waals surface area contributed by atoms with Crippen LogP contribution >= 0.6 is 0 Å². The molecule has 1 heterocycles. The summed E-state index contributed by atoms with van der Waals surface area (Å²) in [5, 5.41) is 12.9. The minimum Gasteiger partial charge on any atom is -0.463 e. The Balaban J connectivity index is 2.35. The van der Waals surface area contributed by atoms with Crippen LogP contribution in [-0.4, -0.2) is 74.2 Å². The van der Waals surface area contributed by atoms with Crippen molar-refractivity contribution in [2.24, 2.45) is 0 Å². The zero-order valence-electron chi connectivity index (χ0n) is 14.8. The van der Waals surface area contributed by atoms with Crippen LogP contribution < -0.4 is 10.1 Å². The van der Waals surface area contributed by atoms with Crippen molar-refractivity contribution in [3.8, 4) is 5.75 Å². The molecule has 164 valence electrons. The highest BCUT2D eigenvalue weighted by atomic mass is 32.3. The molecule has 0 radical (unpaired) electrons. The SMILES string of the molecule is CC(=O)N[C@H]1[C@H](Oc2ccccc2)O[C@H](COS(=O)(=O)O)[C@H](OS(=O)(=O)O)[C@@H]1O. The van der Waals surface area contributed by atoms with Crippen LogP contribution in [0.4, 0.5) is 0 Å². The molecule has 1 amide bonds. The van der Waals surface area contributed by atoms with Crippen molar-refractivity contribution in [1.82, 2.24) is 5.32 Å². The normalized spacial score (nSPS) is 27.9. The second-order valence-corrected chi connectivity index (χ2v) is 8.03. The number of nitrogens with one attached hydrogen (secondary N) is 1. The highest BCUT2D eigenvalue weighted by molar-refractivity contribution is 7.81. The Morgan fingerprint density at radius 2 is 1.76 bits per heavy atom. The third-order valence-electron chi connectivity index (χ3n) is 3.65. The quantitative estimate of drug-likeness (QED) is 0.336. The predicted octanol–water partition coefficient (Wildman–Crippen LogP) is -1.34. The summed E-state index contributed by atoms with van der Waals surface area (Å²) in [5.41, 5.74) is 0. The Morgan fingerprint density at radius 3 is 2.28 bits per heavy atom. The molecule has 0 unspecified atom stereocenters. The number of rotatable bonds is 8. The lowest BCUT2D eigenvalue weighted by Crippen LogP contribution is -2.66. The van der Waals surface area contributed by atoms with Gasteiger partial charge in [-0.05, 0) is 12.1 Å². The summed E-state index contributed by atoms with van der Waals surface area (Å²) in [6.45, 7) is 0.107. The van der Waals surface area contributed by atoms with E-state index in [0.29, 0.717) is 0 Å². The average molecular weight is 457 g/mol. The molecule has 1 fully saturated rings. The summed E-state index contributed by atoms with van der Waals surface area (Å²) < 4.78 is 81.2. The maximum Gasteiger partial charge on any atom is 0.397 e. The van der Waals surface area contributed by atoms with Gasteiger partial charge < -0.3 is 19.9 Å². The van der Waals surface area contributed by atoms with Crippen LogP contribution in [0.1, 0.15) is 6.92 Å². The monoisotopic (exact) mass is 457 g/mol. The number of ether oxygens (including phenoxy) is 2. The van der Waals surface area contributed by atoms with Gasteiger partial charge in [0.25, 0.3) is 0 Å². The van der Waals surface area contributed by atoms with Gasteiger partial charge in [0, 0.05) is 6.92 Å². The molecular weight excluding hydrogens is 438 g/mol. The molecule has 1 saturated heterocycles. The molecule has 0 spiro atoms. The third-order valence-corrected chi connectivity index (χ3v) is 4.55. The fourth-order valence-electron chi connectivity index (χ4n) is 2.59. The van der Waals surface area contributed by atoms with E-state index in [-0.39, 0.29) is 5.75 Å². The number of benzene rings is 1. The Bertz CT molecular complexity index is 904. The molecule has 0 aromatic heterocycles. The number of para-hydroxylation sites is 1. The van der Waals surface area contributed by atoms with Crippen molar-refractivity contribution >= 4 is 26.7 Å². The fourth-order valence-corrected chi connectivity index (χ4v) is 3.41. The van der Waals surface area contributed by atoms with Crippen LogP contribution in [0.3, 0.4) is 0 Å². The summed E-state index contributed by atoms with van der Waals surface area (Å²) in [7, 11) is -10.1. The van der Waals surface area contributed by atoms with E-state index >= 15 is 0 Å². The van der Waals surface area contributed by atoms with E-state index in [1.54, 1.807) is 18.2 Å². The molecule has 2 rings (SSSR count). The number of hydrogen-bond acceptors (Lipinski definition) is 10. The maximum absolute atomic E-state index is 11.5. The van der Waals surface area contributed by atoms with Crippen LogP contribution in [-0.2, 0) is 38.7 Å². The zero-order valence-corrected chi connectivity index (χ0v) is 16.4. The Hall–Kier alpha value is -1.85. The topological polar surface area (TPSA) is 195 Å². The maximum atomic E-state index is 11.5. The first kappa shape index (κ1) is 23.4. The summed E-state index contributed by atoms with van der Waals surface area (Å²) in [6.07, 6.45) is -6.89. The van der Waals surface area contributed by atoms with Gasteiger partial charge in [-0.25, -0.2) is 8.37 Å².